The average molecular weight is 403 g/mol. The van der Waals surface area contributed by atoms with E-state index in [1.165, 1.54) is 4.90 Å². The number of halogens is 1. The maximum Gasteiger partial charge on any atom is 0.305 e. The molecule has 8 heteroatoms. The van der Waals surface area contributed by atoms with E-state index in [4.69, 9.17) is 11.6 Å². The Morgan fingerprint density at radius 1 is 1.26 bits per heavy atom. The second-order valence-electron chi connectivity index (χ2n) is 6.50. The Morgan fingerprint density at radius 3 is 2.63 bits per heavy atom. The van der Waals surface area contributed by atoms with Gasteiger partial charge in [-0.25, -0.2) is 0 Å². The van der Waals surface area contributed by atoms with Gasteiger partial charge in [-0.1, -0.05) is 29.3 Å². The van der Waals surface area contributed by atoms with Crippen LogP contribution in [-0.4, -0.2) is 28.1 Å². The Labute approximate surface area is 164 Å². The summed E-state index contributed by atoms with van der Waals surface area (Å²) in [5.41, 5.74) is 2.72. The van der Waals surface area contributed by atoms with Crippen LogP contribution in [0.15, 0.2) is 42.5 Å². The van der Waals surface area contributed by atoms with Crippen molar-refractivity contribution in [2.24, 2.45) is 0 Å². The van der Waals surface area contributed by atoms with Gasteiger partial charge in [0.15, 0.2) is 0 Å². The third-order valence-corrected chi connectivity index (χ3v) is 6.50. The highest BCUT2D eigenvalue weighted by Gasteiger charge is 2.62. The van der Waals surface area contributed by atoms with Gasteiger partial charge in [0.1, 0.15) is 0 Å². The van der Waals surface area contributed by atoms with Gasteiger partial charge in [-0.3, -0.25) is 19.3 Å². The number of fused-ring (bicyclic) bond motifs is 2. The van der Waals surface area contributed by atoms with Crippen molar-refractivity contribution in [2.45, 2.75) is 23.5 Å². The van der Waals surface area contributed by atoms with Gasteiger partial charge in [0, 0.05) is 22.0 Å². The summed E-state index contributed by atoms with van der Waals surface area (Å²) in [6, 6.07) is 12.1. The fraction of sp³-hybridized carbons (Fsp3) is 0.211. The summed E-state index contributed by atoms with van der Waals surface area (Å²) in [5, 5.41) is 11.7. The SMILES string of the molecule is Cc1ccc2c(c1)[C@@]1(S[C@@H](CC(=O)O)C(=O)N1c1ccc(Cl)cc1)C(=O)N2. The molecule has 0 saturated carbocycles. The first-order chi connectivity index (χ1) is 12.8. The summed E-state index contributed by atoms with van der Waals surface area (Å²) in [4.78, 5) is 37.6. The van der Waals surface area contributed by atoms with E-state index in [2.05, 4.69) is 5.32 Å². The Bertz CT molecular complexity index is 978. The summed E-state index contributed by atoms with van der Waals surface area (Å²) in [5.74, 6) is -1.85. The first kappa shape index (κ1) is 17.9. The molecule has 6 nitrogen and oxygen atoms in total. The molecule has 2 amide bonds. The van der Waals surface area contributed by atoms with Crippen LogP contribution in [0.4, 0.5) is 11.4 Å². The number of aliphatic carboxylic acids is 1. The Hall–Kier alpha value is -2.51. The predicted octanol–water partition coefficient (Wildman–Crippen LogP) is 3.38. The first-order valence-electron chi connectivity index (χ1n) is 8.25. The molecule has 2 aromatic carbocycles. The summed E-state index contributed by atoms with van der Waals surface area (Å²) in [6.07, 6.45) is -0.357. The third kappa shape index (κ3) is 2.69. The number of carboxylic acid groups (broad SMARTS) is 1. The van der Waals surface area contributed by atoms with E-state index in [-0.39, 0.29) is 12.3 Å². The van der Waals surface area contributed by atoms with Crippen LogP contribution in [-0.2, 0) is 19.3 Å². The summed E-state index contributed by atoms with van der Waals surface area (Å²) < 4.78 is 0. The Kier molecular flexibility index (Phi) is 4.16. The lowest BCUT2D eigenvalue weighted by molar-refractivity contribution is -0.138. The third-order valence-electron chi connectivity index (χ3n) is 4.66. The van der Waals surface area contributed by atoms with Crippen molar-refractivity contribution < 1.29 is 19.5 Å². The quantitative estimate of drug-likeness (QED) is 0.821. The fourth-order valence-electron chi connectivity index (χ4n) is 3.51. The lowest BCUT2D eigenvalue weighted by Gasteiger charge is -2.32. The smallest absolute Gasteiger partial charge is 0.305 e. The molecule has 0 bridgehead atoms. The minimum atomic E-state index is -1.34. The zero-order valence-corrected chi connectivity index (χ0v) is 15.8. The number of nitrogens with one attached hydrogen (secondary N) is 1. The number of carbonyl (C=O) groups is 3. The van der Waals surface area contributed by atoms with E-state index in [1.807, 2.05) is 19.1 Å². The molecule has 2 atom stereocenters. The summed E-state index contributed by atoms with van der Waals surface area (Å²) >= 11 is 7.04. The molecule has 0 aromatic heterocycles. The zero-order valence-electron chi connectivity index (χ0n) is 14.2. The normalized spacial score (nSPS) is 23.6. The van der Waals surface area contributed by atoms with Crippen LogP contribution in [0.3, 0.4) is 0 Å². The number of aryl methyl sites for hydroxylation is 1. The minimum absolute atomic E-state index is 0.357. The van der Waals surface area contributed by atoms with Crippen molar-refractivity contribution >= 4 is 52.5 Å². The second kappa shape index (κ2) is 6.28. The molecule has 1 spiro atoms. The molecule has 2 aliphatic rings. The number of benzene rings is 2. The zero-order chi connectivity index (χ0) is 19.3. The van der Waals surface area contributed by atoms with Crippen LogP contribution in [0.5, 0.6) is 0 Å². The summed E-state index contributed by atoms with van der Waals surface area (Å²) in [7, 11) is 0. The van der Waals surface area contributed by atoms with Gasteiger partial charge >= 0.3 is 5.97 Å². The van der Waals surface area contributed by atoms with Gasteiger partial charge in [-0.15, -0.1) is 11.8 Å². The van der Waals surface area contributed by atoms with E-state index in [1.54, 1.807) is 30.3 Å². The van der Waals surface area contributed by atoms with E-state index in [0.29, 0.717) is 22.0 Å². The van der Waals surface area contributed by atoms with Gasteiger partial charge in [0.2, 0.25) is 10.8 Å². The molecule has 0 aliphatic carbocycles. The number of amides is 2. The predicted molar refractivity (Wildman–Crippen MR) is 104 cm³/mol. The van der Waals surface area contributed by atoms with Crippen molar-refractivity contribution in [3.05, 3.63) is 58.6 Å². The van der Waals surface area contributed by atoms with Crippen molar-refractivity contribution in [1.29, 1.82) is 0 Å². The Morgan fingerprint density at radius 2 is 1.96 bits per heavy atom. The van der Waals surface area contributed by atoms with Gasteiger partial charge in [-0.05, 0) is 37.3 Å². The van der Waals surface area contributed by atoms with Crippen molar-refractivity contribution in [2.75, 3.05) is 10.2 Å². The van der Waals surface area contributed by atoms with Crippen molar-refractivity contribution in [3.8, 4) is 0 Å². The molecule has 4 rings (SSSR count). The van der Waals surface area contributed by atoms with Crippen LogP contribution < -0.4 is 10.2 Å². The number of carbonyl (C=O) groups excluding carboxylic acids is 2. The van der Waals surface area contributed by atoms with Crippen LogP contribution in [0.25, 0.3) is 0 Å². The van der Waals surface area contributed by atoms with Crippen LogP contribution >= 0.6 is 23.4 Å². The molecule has 2 N–H and O–H groups in total. The van der Waals surface area contributed by atoms with E-state index in [0.717, 1.165) is 17.3 Å². The molecule has 2 heterocycles. The lowest BCUT2D eigenvalue weighted by Crippen LogP contribution is -2.47. The monoisotopic (exact) mass is 402 g/mol. The van der Waals surface area contributed by atoms with Gasteiger partial charge in [-0.2, -0.15) is 0 Å². The molecule has 138 valence electrons. The lowest BCUT2D eigenvalue weighted by atomic mass is 10.0. The molecular formula is C19H15ClN2O4S. The highest BCUT2D eigenvalue weighted by molar-refractivity contribution is 8.03. The summed E-state index contributed by atoms with van der Waals surface area (Å²) in [6.45, 7) is 1.90. The maximum atomic E-state index is 13.2. The van der Waals surface area contributed by atoms with Crippen LogP contribution in [0, 0.1) is 6.92 Å². The maximum absolute atomic E-state index is 13.2. The number of thioether (sulfide) groups is 1. The molecule has 1 saturated heterocycles. The molecular weight excluding hydrogens is 388 g/mol. The number of anilines is 2. The minimum Gasteiger partial charge on any atom is -0.481 e. The highest BCUT2D eigenvalue weighted by atomic mass is 35.5. The van der Waals surface area contributed by atoms with Gasteiger partial charge in [0.05, 0.1) is 11.7 Å². The number of carboxylic acids is 1. The molecule has 1 fully saturated rings. The Balaban J connectivity index is 1.92. The standard InChI is InChI=1S/C19H15ClN2O4S/c1-10-2-7-14-13(8-10)19(18(26)21-14)22(12-5-3-11(20)4-6-12)17(25)15(27-19)9-16(23)24/h2-8,15H,9H2,1H3,(H,21,26)(H,23,24)/t15-,19+/m0/s1. The first-order valence-corrected chi connectivity index (χ1v) is 9.50. The van der Waals surface area contributed by atoms with Crippen LogP contribution in [0.1, 0.15) is 17.5 Å². The molecule has 0 radical (unpaired) electrons. The average Bonchev–Trinajstić information content (AvgIpc) is 3.04. The van der Waals surface area contributed by atoms with Crippen LogP contribution in [0.2, 0.25) is 5.02 Å². The topological polar surface area (TPSA) is 86.7 Å². The van der Waals surface area contributed by atoms with E-state index >= 15 is 0 Å². The van der Waals surface area contributed by atoms with Gasteiger partial charge < -0.3 is 10.4 Å². The molecule has 27 heavy (non-hydrogen) atoms. The number of rotatable bonds is 3. The number of nitrogens with zero attached hydrogens (tertiary/aromatic N) is 1. The molecule has 2 aliphatic heterocycles. The second-order valence-corrected chi connectivity index (χ2v) is 8.33. The van der Waals surface area contributed by atoms with Crippen molar-refractivity contribution in [1.82, 2.24) is 0 Å². The highest BCUT2D eigenvalue weighted by Crippen LogP contribution is 2.56. The largest absolute Gasteiger partial charge is 0.481 e. The van der Waals surface area contributed by atoms with Gasteiger partial charge in [0.25, 0.3) is 5.91 Å². The fourth-order valence-corrected chi connectivity index (χ4v) is 5.24. The van der Waals surface area contributed by atoms with E-state index < -0.39 is 22.0 Å². The van der Waals surface area contributed by atoms with Crippen molar-refractivity contribution in [3.63, 3.8) is 0 Å². The number of hydrogen-bond donors (Lipinski definition) is 2. The van der Waals surface area contributed by atoms with E-state index in [9.17, 15) is 19.5 Å². The number of hydrogen-bond acceptors (Lipinski definition) is 4. The molecule has 0 unspecified atom stereocenters. The molecule has 2 aromatic rings.